The zero-order valence-electron chi connectivity index (χ0n) is 22.0. The van der Waals surface area contributed by atoms with Crippen molar-refractivity contribution in [2.75, 3.05) is 25.9 Å². The molecule has 5 atom stereocenters. The first-order valence-electron chi connectivity index (χ1n) is 13.3. The van der Waals surface area contributed by atoms with E-state index in [0.717, 1.165) is 24.2 Å². The number of fused-ring (bicyclic) bond motifs is 1. The number of likely N-dealkylation sites (N-methyl/N-ethyl adjacent to an activating group) is 1. The van der Waals surface area contributed by atoms with Crippen molar-refractivity contribution in [1.29, 1.82) is 0 Å². The summed E-state index contributed by atoms with van der Waals surface area (Å²) < 4.78 is 15.8. The lowest BCUT2D eigenvalue weighted by atomic mass is 9.70. The number of phenols is 1. The van der Waals surface area contributed by atoms with Gasteiger partial charge in [-0.15, -0.1) is 11.8 Å². The Morgan fingerprint density at radius 1 is 1.18 bits per heavy atom. The molecule has 0 spiro atoms. The zero-order chi connectivity index (χ0) is 27.3. The number of rotatable bonds is 9. The molecule has 2 amide bonds. The van der Waals surface area contributed by atoms with E-state index in [2.05, 4.69) is 10.6 Å². The molecular weight excluding hydrogens is 505 g/mol. The number of likely N-dealkylation sites (tertiary alicyclic amines) is 1. The number of carbonyl (C=O) groups excluding carboxylic acids is 2. The van der Waals surface area contributed by atoms with E-state index in [-0.39, 0.29) is 30.5 Å². The van der Waals surface area contributed by atoms with Gasteiger partial charge in [-0.2, -0.15) is 0 Å². The van der Waals surface area contributed by atoms with Crippen LogP contribution in [-0.4, -0.2) is 76.7 Å². The van der Waals surface area contributed by atoms with E-state index in [1.165, 1.54) is 17.8 Å². The van der Waals surface area contributed by atoms with Crippen LogP contribution < -0.4 is 10.6 Å². The zero-order valence-corrected chi connectivity index (χ0v) is 22.8. The molecule has 4 rings (SSSR count). The number of amides is 2. The number of β-amino-alcohol motifs (C(OH)–C–C–N with tert-alkyl or cyclic N) is 1. The lowest BCUT2D eigenvalue weighted by molar-refractivity contribution is -0.136. The van der Waals surface area contributed by atoms with Gasteiger partial charge < -0.3 is 20.8 Å². The Balaban J connectivity index is 1.53. The summed E-state index contributed by atoms with van der Waals surface area (Å²) in [5, 5.41) is 27.1. The Morgan fingerprint density at radius 3 is 2.68 bits per heavy atom. The number of hydrogen-bond donors (Lipinski definition) is 4. The van der Waals surface area contributed by atoms with E-state index in [0.29, 0.717) is 29.8 Å². The van der Waals surface area contributed by atoms with Crippen LogP contribution >= 0.6 is 11.8 Å². The average molecular weight is 544 g/mol. The first-order valence-corrected chi connectivity index (χ1v) is 14.3. The molecule has 0 aromatic heterocycles. The number of nitrogens with one attached hydrogen (secondary N) is 2. The van der Waals surface area contributed by atoms with Crippen LogP contribution in [-0.2, 0) is 4.79 Å². The smallest absolute Gasteiger partial charge is 0.252 e. The summed E-state index contributed by atoms with van der Waals surface area (Å²) in [6.45, 7) is 2.19. The summed E-state index contributed by atoms with van der Waals surface area (Å²) in [6, 6.07) is 13.1. The number of piperidine rings is 1. The summed E-state index contributed by atoms with van der Waals surface area (Å²) in [5.41, 5.74) is -0.570. The van der Waals surface area contributed by atoms with Gasteiger partial charge in [0.25, 0.3) is 5.91 Å². The lowest BCUT2D eigenvalue weighted by Gasteiger charge is -2.49. The molecule has 4 unspecified atom stereocenters. The molecule has 7 nitrogen and oxygen atoms in total. The SMILES string of the molecule is CNC(=O)[C@@H]1CC2(F)CCCCC2CN1CC(O)C(CSc1ccccc1)NC(=O)c1cccc(O)c1C. The maximum atomic E-state index is 15.8. The summed E-state index contributed by atoms with van der Waals surface area (Å²) in [5.74, 6) is -0.409. The van der Waals surface area contributed by atoms with Gasteiger partial charge in [-0.3, -0.25) is 14.5 Å². The number of alkyl halides is 1. The fraction of sp³-hybridized carbons (Fsp3) is 0.517. The molecule has 2 aromatic carbocycles. The molecule has 1 aliphatic heterocycles. The molecule has 0 bridgehead atoms. The van der Waals surface area contributed by atoms with Gasteiger partial charge in [0.1, 0.15) is 11.4 Å². The molecule has 1 saturated heterocycles. The number of halogens is 1. The van der Waals surface area contributed by atoms with Gasteiger partial charge in [0.15, 0.2) is 0 Å². The van der Waals surface area contributed by atoms with Crippen LogP contribution in [0.4, 0.5) is 4.39 Å². The highest BCUT2D eigenvalue weighted by Crippen LogP contribution is 2.45. The highest BCUT2D eigenvalue weighted by Gasteiger charge is 2.50. The highest BCUT2D eigenvalue weighted by atomic mass is 32.2. The minimum Gasteiger partial charge on any atom is -0.508 e. The number of aliphatic hydroxyl groups is 1. The van der Waals surface area contributed by atoms with Crippen molar-refractivity contribution in [3.05, 3.63) is 59.7 Å². The Labute approximate surface area is 228 Å². The number of hydrogen-bond acceptors (Lipinski definition) is 6. The van der Waals surface area contributed by atoms with Crippen molar-refractivity contribution in [2.45, 2.75) is 67.8 Å². The summed E-state index contributed by atoms with van der Waals surface area (Å²) in [4.78, 5) is 28.9. The van der Waals surface area contributed by atoms with Gasteiger partial charge in [-0.1, -0.05) is 37.1 Å². The second-order valence-corrected chi connectivity index (χ2v) is 11.6. The first kappa shape index (κ1) is 28.4. The molecule has 1 saturated carbocycles. The highest BCUT2D eigenvalue weighted by molar-refractivity contribution is 7.99. The van der Waals surface area contributed by atoms with Crippen LogP contribution in [0.25, 0.3) is 0 Å². The Morgan fingerprint density at radius 2 is 1.95 bits per heavy atom. The van der Waals surface area contributed by atoms with E-state index in [9.17, 15) is 19.8 Å². The molecule has 1 aliphatic carbocycles. The number of carbonyl (C=O) groups is 2. The number of aromatic hydroxyl groups is 1. The maximum Gasteiger partial charge on any atom is 0.252 e. The molecule has 2 aromatic rings. The number of thioether (sulfide) groups is 1. The van der Waals surface area contributed by atoms with Crippen LogP contribution in [0.3, 0.4) is 0 Å². The topological polar surface area (TPSA) is 102 Å². The molecule has 2 aliphatic rings. The van der Waals surface area contributed by atoms with Crippen LogP contribution in [0.5, 0.6) is 5.75 Å². The third kappa shape index (κ3) is 6.50. The number of nitrogens with zero attached hydrogens (tertiary/aromatic N) is 1. The quantitative estimate of drug-likeness (QED) is 0.360. The minimum atomic E-state index is -1.36. The van der Waals surface area contributed by atoms with Crippen LogP contribution in [0, 0.1) is 12.8 Å². The number of aliphatic hydroxyl groups excluding tert-OH is 1. The van der Waals surface area contributed by atoms with Crippen LogP contribution in [0.2, 0.25) is 0 Å². The Hall–Kier alpha value is -2.62. The standard InChI is InChI=1S/C29H38FN3O4S/c1-19-22(12-8-13-25(19)34)27(36)32-23(18-38-21-10-4-3-5-11-21)26(35)17-33-16-20-9-6-7-14-29(20,30)15-24(33)28(37)31-2/h3-5,8,10-13,20,23-24,26,34-35H,6-7,9,14-18H2,1-2H3,(H,31,37)(H,32,36)/t20?,23?,24-,26?,29?/m0/s1. The molecule has 9 heteroatoms. The largest absolute Gasteiger partial charge is 0.508 e. The van der Waals surface area contributed by atoms with Gasteiger partial charge in [-0.25, -0.2) is 4.39 Å². The summed E-state index contributed by atoms with van der Waals surface area (Å²) >= 11 is 1.51. The molecule has 2 fully saturated rings. The maximum absolute atomic E-state index is 15.8. The second kappa shape index (κ2) is 12.5. The van der Waals surface area contributed by atoms with Gasteiger partial charge in [0.05, 0.1) is 18.2 Å². The average Bonchev–Trinajstić information content (AvgIpc) is 2.92. The van der Waals surface area contributed by atoms with Crippen molar-refractivity contribution in [1.82, 2.24) is 15.5 Å². The molecule has 4 N–H and O–H groups in total. The van der Waals surface area contributed by atoms with Crippen molar-refractivity contribution in [3.63, 3.8) is 0 Å². The molecule has 38 heavy (non-hydrogen) atoms. The predicted octanol–water partition coefficient (Wildman–Crippen LogP) is 3.67. The third-order valence-corrected chi connectivity index (χ3v) is 9.16. The molecular formula is C29H38FN3O4S. The van der Waals surface area contributed by atoms with E-state index in [4.69, 9.17) is 0 Å². The fourth-order valence-corrected chi connectivity index (χ4v) is 6.75. The third-order valence-electron chi connectivity index (χ3n) is 8.03. The molecule has 1 heterocycles. The van der Waals surface area contributed by atoms with E-state index < -0.39 is 29.8 Å². The van der Waals surface area contributed by atoms with E-state index >= 15 is 4.39 Å². The van der Waals surface area contributed by atoms with Gasteiger partial charge >= 0.3 is 0 Å². The van der Waals surface area contributed by atoms with Crippen molar-refractivity contribution in [2.24, 2.45) is 5.92 Å². The Bertz CT molecular complexity index is 1120. The Kier molecular flexibility index (Phi) is 9.33. The normalized spacial score (nSPS) is 25.2. The number of benzene rings is 2. The van der Waals surface area contributed by atoms with E-state index in [1.54, 1.807) is 26.1 Å². The second-order valence-electron chi connectivity index (χ2n) is 10.5. The van der Waals surface area contributed by atoms with Crippen molar-refractivity contribution < 1.29 is 24.2 Å². The first-order chi connectivity index (χ1) is 18.2. The predicted molar refractivity (Wildman–Crippen MR) is 147 cm³/mol. The number of phenolic OH excluding ortho intramolecular Hbond substituents is 1. The van der Waals surface area contributed by atoms with Crippen molar-refractivity contribution in [3.8, 4) is 5.75 Å². The minimum absolute atomic E-state index is 0.0253. The van der Waals surface area contributed by atoms with Gasteiger partial charge in [-0.05, 0) is 44.0 Å². The van der Waals surface area contributed by atoms with Crippen LogP contribution in [0.15, 0.2) is 53.4 Å². The van der Waals surface area contributed by atoms with Gasteiger partial charge in [0.2, 0.25) is 5.91 Å². The summed E-state index contributed by atoms with van der Waals surface area (Å²) in [7, 11) is 1.55. The van der Waals surface area contributed by atoms with E-state index in [1.807, 2.05) is 35.2 Å². The van der Waals surface area contributed by atoms with Crippen LogP contribution in [0.1, 0.15) is 48.0 Å². The fourth-order valence-electron chi connectivity index (χ4n) is 5.72. The van der Waals surface area contributed by atoms with Crippen molar-refractivity contribution >= 4 is 23.6 Å². The monoisotopic (exact) mass is 543 g/mol. The molecule has 0 radical (unpaired) electrons. The molecule has 206 valence electrons. The van der Waals surface area contributed by atoms with Gasteiger partial charge in [0, 0.05) is 54.3 Å². The summed E-state index contributed by atoms with van der Waals surface area (Å²) in [6.07, 6.45) is 2.14. The lowest BCUT2D eigenvalue weighted by Crippen LogP contribution is -2.62.